The fraction of sp³-hybridized carbons (Fsp3) is 0.433. The lowest BCUT2D eigenvalue weighted by Gasteiger charge is -2.32. The highest BCUT2D eigenvalue weighted by molar-refractivity contribution is 6.32. The average Bonchev–Trinajstić information content (AvgIpc) is 3.60. The molecule has 1 aliphatic heterocycles. The number of benzene rings is 2. The summed E-state index contributed by atoms with van der Waals surface area (Å²) in [6.45, 7) is 3.80. The Labute approximate surface area is 237 Å². The van der Waals surface area contributed by atoms with E-state index in [9.17, 15) is 4.79 Å². The summed E-state index contributed by atoms with van der Waals surface area (Å²) in [7, 11) is 3.28. The molecule has 1 saturated heterocycles. The van der Waals surface area contributed by atoms with Crippen molar-refractivity contribution in [2.75, 3.05) is 19.1 Å². The van der Waals surface area contributed by atoms with Crippen LogP contribution in [0.3, 0.4) is 0 Å². The molecule has 1 amide bonds. The molecule has 0 bridgehead atoms. The maximum absolute atomic E-state index is 15.2. The average molecular weight is 567 g/mol. The number of amides is 1. The molecule has 0 radical (unpaired) electrons. The van der Waals surface area contributed by atoms with Gasteiger partial charge in [0.25, 0.3) is 5.91 Å². The summed E-state index contributed by atoms with van der Waals surface area (Å²) in [5.41, 5.74) is 4.94. The summed E-state index contributed by atoms with van der Waals surface area (Å²) >= 11 is 6.42. The number of ether oxygens (including phenoxy) is 2. The highest BCUT2D eigenvalue weighted by Gasteiger charge is 2.45. The number of imidazole rings is 1. The Kier molecular flexibility index (Phi) is 7.04. The number of hydrogen-bond donors (Lipinski definition) is 0. The van der Waals surface area contributed by atoms with E-state index in [2.05, 4.69) is 21.9 Å². The van der Waals surface area contributed by atoms with Crippen molar-refractivity contribution in [3.63, 3.8) is 0 Å². The third-order valence-electron chi connectivity index (χ3n) is 8.34. The second kappa shape index (κ2) is 10.5. The van der Waals surface area contributed by atoms with Gasteiger partial charge in [-0.1, -0.05) is 22.8 Å². The van der Waals surface area contributed by atoms with Gasteiger partial charge in [-0.3, -0.25) is 9.69 Å². The fourth-order valence-corrected chi connectivity index (χ4v) is 6.62. The Hall–Kier alpha value is -3.43. The number of hydrogen-bond acceptors (Lipinski definition) is 6. The number of carbonyl (C=O) groups excluding carboxylic acids is 1. The van der Waals surface area contributed by atoms with Crippen molar-refractivity contribution >= 4 is 34.2 Å². The molecule has 6 rings (SSSR count). The number of aromatic nitrogens is 3. The normalized spacial score (nSPS) is 23.4. The molecule has 3 heterocycles. The predicted octanol–water partition coefficient (Wildman–Crippen LogP) is 6.92. The van der Waals surface area contributed by atoms with Gasteiger partial charge in [-0.05, 0) is 75.4 Å². The third-order valence-corrected chi connectivity index (χ3v) is 8.64. The molecule has 2 atom stereocenters. The summed E-state index contributed by atoms with van der Waals surface area (Å²) < 4.78 is 33.7. The molecule has 0 unspecified atom stereocenters. The van der Waals surface area contributed by atoms with E-state index in [-0.39, 0.29) is 18.6 Å². The highest BCUT2D eigenvalue weighted by atomic mass is 35.5. The number of nitrogens with zero attached hydrogens (tertiary/aromatic N) is 4. The number of rotatable bonds is 6. The first-order valence-corrected chi connectivity index (χ1v) is 14.0. The minimum atomic E-state index is -1.64. The summed E-state index contributed by atoms with van der Waals surface area (Å²) in [5, 5.41) is 4.46. The maximum Gasteiger partial charge on any atom is 0.262 e. The molecule has 0 N–H and O–H groups in total. The van der Waals surface area contributed by atoms with Crippen molar-refractivity contribution in [1.82, 2.24) is 14.7 Å². The summed E-state index contributed by atoms with van der Waals surface area (Å²) in [6, 6.07) is 10.8. The number of carbonyl (C=O) groups is 1. The minimum absolute atomic E-state index is 0.00986. The van der Waals surface area contributed by atoms with E-state index in [1.807, 2.05) is 19.9 Å². The number of alkyl halides is 1. The van der Waals surface area contributed by atoms with Gasteiger partial charge in [-0.2, -0.15) is 0 Å². The van der Waals surface area contributed by atoms with Crippen LogP contribution in [0.2, 0.25) is 5.02 Å². The molecule has 1 saturated carbocycles. The van der Waals surface area contributed by atoms with E-state index in [0.717, 1.165) is 59.3 Å². The number of anilines is 1. The van der Waals surface area contributed by atoms with Crippen molar-refractivity contribution < 1.29 is 23.2 Å². The number of fused-ring (bicyclic) bond motifs is 1. The number of aryl methyl sites for hydroxylation is 2. The molecule has 2 aliphatic rings. The summed E-state index contributed by atoms with van der Waals surface area (Å²) in [5.74, 6) is 1.30. The Morgan fingerprint density at radius 1 is 1.07 bits per heavy atom. The van der Waals surface area contributed by atoms with Crippen molar-refractivity contribution in [3.05, 3.63) is 58.7 Å². The molecule has 2 aromatic carbocycles. The van der Waals surface area contributed by atoms with Gasteiger partial charge >= 0.3 is 0 Å². The standard InChI is InChI=1S/C30H32ClFN4O4/c1-16-28(17(2)40-34-16)18-5-11-25-24(13-18)33-29(35(25)19-6-9-21(38-3)10-7-19)26-15-23(32)30(37)36(26)20-8-12-27(39-4)22(31)14-20/h5,8,11-14,19,21,23,26H,6-7,9-10,15H2,1-4H3/t19?,21?,23-,26-/m0/s1. The van der Waals surface area contributed by atoms with Crippen molar-refractivity contribution in [2.45, 2.75) is 70.3 Å². The monoisotopic (exact) mass is 566 g/mol. The van der Waals surface area contributed by atoms with E-state index >= 15 is 4.39 Å². The van der Waals surface area contributed by atoms with Gasteiger partial charge in [0.05, 0.1) is 41.0 Å². The molecule has 8 nitrogen and oxygen atoms in total. The lowest BCUT2D eigenvalue weighted by Crippen LogP contribution is -2.32. The molecule has 40 heavy (non-hydrogen) atoms. The first-order valence-electron chi connectivity index (χ1n) is 13.6. The van der Waals surface area contributed by atoms with Crippen LogP contribution in [0.4, 0.5) is 10.1 Å². The molecular formula is C30H32ClFN4O4. The molecular weight excluding hydrogens is 535 g/mol. The third kappa shape index (κ3) is 4.45. The van der Waals surface area contributed by atoms with Gasteiger partial charge in [0.1, 0.15) is 17.3 Å². The largest absolute Gasteiger partial charge is 0.495 e. The van der Waals surface area contributed by atoms with Gasteiger partial charge in [0.2, 0.25) is 0 Å². The fourth-order valence-electron chi connectivity index (χ4n) is 6.37. The van der Waals surface area contributed by atoms with Crippen LogP contribution < -0.4 is 9.64 Å². The quantitative estimate of drug-likeness (QED) is 0.252. The van der Waals surface area contributed by atoms with Crippen LogP contribution in [0.15, 0.2) is 40.9 Å². The van der Waals surface area contributed by atoms with Gasteiger partial charge in [0.15, 0.2) is 6.17 Å². The molecule has 2 fully saturated rings. The molecule has 1 aliphatic carbocycles. The van der Waals surface area contributed by atoms with Gasteiger partial charge in [-0.25, -0.2) is 9.37 Å². The van der Waals surface area contributed by atoms with E-state index in [1.54, 1.807) is 25.3 Å². The van der Waals surface area contributed by atoms with E-state index in [4.69, 9.17) is 30.6 Å². The Morgan fingerprint density at radius 3 is 2.50 bits per heavy atom. The minimum Gasteiger partial charge on any atom is -0.495 e. The smallest absolute Gasteiger partial charge is 0.262 e. The SMILES string of the molecule is COc1ccc(N2C(=O)[C@@H](F)C[C@H]2c2nc3cc(-c4c(C)noc4C)ccc3n2C2CCC(OC)CC2)cc1Cl. The van der Waals surface area contributed by atoms with Crippen LogP contribution in [-0.4, -0.2) is 47.1 Å². The lowest BCUT2D eigenvalue weighted by atomic mass is 9.92. The Morgan fingerprint density at radius 2 is 1.85 bits per heavy atom. The lowest BCUT2D eigenvalue weighted by molar-refractivity contribution is -0.121. The van der Waals surface area contributed by atoms with Crippen molar-refractivity contribution in [2.24, 2.45) is 0 Å². The maximum atomic E-state index is 15.2. The highest BCUT2D eigenvalue weighted by Crippen LogP contribution is 2.44. The van der Waals surface area contributed by atoms with Gasteiger partial charge in [-0.15, -0.1) is 0 Å². The molecule has 4 aromatic rings. The first-order chi connectivity index (χ1) is 19.3. The van der Waals surface area contributed by atoms with Crippen LogP contribution in [0.25, 0.3) is 22.2 Å². The molecule has 10 heteroatoms. The zero-order valence-electron chi connectivity index (χ0n) is 23.0. The van der Waals surface area contributed by atoms with Crippen LogP contribution in [0.5, 0.6) is 5.75 Å². The van der Waals surface area contributed by atoms with E-state index in [1.165, 1.54) is 12.0 Å². The number of methoxy groups -OCH3 is 2. The molecule has 2 aromatic heterocycles. The zero-order valence-corrected chi connectivity index (χ0v) is 23.7. The number of halogens is 2. The summed E-state index contributed by atoms with van der Waals surface area (Å²) in [4.78, 5) is 19.8. The van der Waals surface area contributed by atoms with E-state index in [0.29, 0.717) is 22.3 Å². The van der Waals surface area contributed by atoms with Gasteiger partial charge in [0, 0.05) is 30.8 Å². The van der Waals surface area contributed by atoms with Crippen LogP contribution in [-0.2, 0) is 9.53 Å². The second-order valence-electron chi connectivity index (χ2n) is 10.7. The molecule has 210 valence electrons. The van der Waals surface area contributed by atoms with Crippen molar-refractivity contribution in [3.8, 4) is 16.9 Å². The Balaban J connectivity index is 1.50. The van der Waals surface area contributed by atoms with Gasteiger partial charge < -0.3 is 18.6 Å². The van der Waals surface area contributed by atoms with Crippen LogP contribution >= 0.6 is 11.6 Å². The van der Waals surface area contributed by atoms with Crippen LogP contribution in [0, 0.1) is 13.8 Å². The predicted molar refractivity (Wildman–Crippen MR) is 151 cm³/mol. The first kappa shape index (κ1) is 26.8. The Bertz CT molecular complexity index is 1560. The van der Waals surface area contributed by atoms with Crippen LogP contribution in [0.1, 0.15) is 61.5 Å². The molecule has 0 spiro atoms. The van der Waals surface area contributed by atoms with Crippen molar-refractivity contribution in [1.29, 1.82) is 0 Å². The topological polar surface area (TPSA) is 82.6 Å². The summed E-state index contributed by atoms with van der Waals surface area (Å²) in [6.07, 6.45) is 2.24. The van der Waals surface area contributed by atoms with E-state index < -0.39 is 18.1 Å². The zero-order chi connectivity index (χ0) is 28.1. The second-order valence-corrected chi connectivity index (χ2v) is 11.1.